The highest BCUT2D eigenvalue weighted by molar-refractivity contribution is 8.00. The van der Waals surface area contributed by atoms with Crippen molar-refractivity contribution >= 4 is 23.4 Å². The van der Waals surface area contributed by atoms with Crippen LogP contribution in [0.2, 0.25) is 0 Å². The van der Waals surface area contributed by atoms with Crippen molar-refractivity contribution in [1.82, 2.24) is 10.6 Å². The Morgan fingerprint density at radius 3 is 2.74 bits per heavy atom. The number of hydrogen-bond acceptors (Lipinski definition) is 3. The van der Waals surface area contributed by atoms with Gasteiger partial charge in [0.05, 0.1) is 0 Å². The summed E-state index contributed by atoms with van der Waals surface area (Å²) in [5.41, 5.74) is 3.82. The molecule has 5 heteroatoms. The zero-order chi connectivity index (χ0) is 16.9. The van der Waals surface area contributed by atoms with Gasteiger partial charge in [0.2, 0.25) is 0 Å². The molecule has 0 aromatic heterocycles. The minimum atomic E-state index is 0.344. The van der Waals surface area contributed by atoms with E-state index in [-0.39, 0.29) is 0 Å². The van der Waals surface area contributed by atoms with E-state index in [2.05, 4.69) is 78.4 Å². The number of nitrogens with zero attached hydrogens (tertiary/aromatic N) is 2. The molecule has 1 fully saturated rings. The van der Waals surface area contributed by atoms with Crippen LogP contribution in [0.25, 0.3) is 0 Å². The molecule has 1 unspecified atom stereocenters. The first kappa shape index (κ1) is 18.0. The Morgan fingerprint density at radius 2 is 2.13 bits per heavy atom. The summed E-state index contributed by atoms with van der Waals surface area (Å²) in [7, 11) is 6.01. The Kier molecular flexibility index (Phi) is 6.22. The molecule has 1 aromatic rings. The molecule has 0 aliphatic carbocycles. The van der Waals surface area contributed by atoms with Gasteiger partial charge in [-0.2, -0.15) is 11.8 Å². The van der Waals surface area contributed by atoms with Crippen LogP contribution in [-0.2, 0) is 6.54 Å². The Bertz CT molecular complexity index is 548. The van der Waals surface area contributed by atoms with Gasteiger partial charge < -0.3 is 15.5 Å². The molecule has 1 aliphatic heterocycles. The molecule has 1 heterocycles. The minimum Gasteiger partial charge on any atom is -0.377 e. The van der Waals surface area contributed by atoms with Gasteiger partial charge in [-0.25, -0.2) is 0 Å². The predicted molar refractivity (Wildman–Crippen MR) is 104 cm³/mol. The lowest BCUT2D eigenvalue weighted by Crippen LogP contribution is -2.43. The van der Waals surface area contributed by atoms with E-state index in [0.717, 1.165) is 19.0 Å². The summed E-state index contributed by atoms with van der Waals surface area (Å²) < 4.78 is 0.344. The maximum atomic E-state index is 4.36. The van der Waals surface area contributed by atoms with E-state index in [1.165, 1.54) is 35.4 Å². The van der Waals surface area contributed by atoms with Crippen molar-refractivity contribution in [3.63, 3.8) is 0 Å². The minimum absolute atomic E-state index is 0.344. The van der Waals surface area contributed by atoms with Crippen LogP contribution < -0.4 is 15.5 Å². The van der Waals surface area contributed by atoms with Gasteiger partial charge in [-0.05, 0) is 49.6 Å². The molecular formula is C18H30N4S. The molecule has 1 saturated heterocycles. The van der Waals surface area contributed by atoms with Crippen molar-refractivity contribution in [3.05, 3.63) is 29.3 Å². The Morgan fingerprint density at radius 1 is 1.35 bits per heavy atom. The van der Waals surface area contributed by atoms with Gasteiger partial charge in [0.1, 0.15) is 0 Å². The fourth-order valence-corrected chi connectivity index (χ4v) is 4.13. The van der Waals surface area contributed by atoms with Gasteiger partial charge >= 0.3 is 0 Å². The fraction of sp³-hybridized carbons (Fsp3) is 0.611. The smallest absolute Gasteiger partial charge is 0.191 e. The molecule has 4 nitrogen and oxygen atoms in total. The number of rotatable bonds is 5. The van der Waals surface area contributed by atoms with E-state index in [4.69, 9.17) is 0 Å². The largest absolute Gasteiger partial charge is 0.377 e. The Labute approximate surface area is 145 Å². The zero-order valence-corrected chi connectivity index (χ0v) is 15.9. The van der Waals surface area contributed by atoms with Gasteiger partial charge in [0.15, 0.2) is 5.96 Å². The monoisotopic (exact) mass is 334 g/mol. The molecule has 0 amide bonds. The number of aliphatic imine (C=N–C) groups is 1. The summed E-state index contributed by atoms with van der Waals surface area (Å²) in [4.78, 5) is 6.52. The van der Waals surface area contributed by atoms with Crippen LogP contribution in [0, 0.1) is 6.92 Å². The molecule has 1 aliphatic rings. The third-order valence-electron chi connectivity index (χ3n) is 4.32. The fourth-order valence-electron chi connectivity index (χ4n) is 2.89. The summed E-state index contributed by atoms with van der Waals surface area (Å²) >= 11 is 2.07. The van der Waals surface area contributed by atoms with Crippen molar-refractivity contribution in [2.45, 2.75) is 38.0 Å². The number of thioether (sulfide) groups is 1. The van der Waals surface area contributed by atoms with Crippen LogP contribution in [-0.4, -0.2) is 44.1 Å². The number of guanidine groups is 1. The topological polar surface area (TPSA) is 39.7 Å². The summed E-state index contributed by atoms with van der Waals surface area (Å²) in [5.74, 6) is 2.16. The Hall–Kier alpha value is -1.36. The maximum Gasteiger partial charge on any atom is 0.191 e. The van der Waals surface area contributed by atoms with Crippen molar-refractivity contribution in [2.75, 3.05) is 38.3 Å². The van der Waals surface area contributed by atoms with E-state index >= 15 is 0 Å². The first-order valence-corrected chi connectivity index (χ1v) is 9.27. The van der Waals surface area contributed by atoms with E-state index in [0.29, 0.717) is 4.75 Å². The number of aryl methyl sites for hydroxylation is 1. The lowest BCUT2D eigenvalue weighted by Gasteiger charge is -2.25. The Balaban J connectivity index is 1.93. The normalized spacial score (nSPS) is 21.3. The average molecular weight is 335 g/mol. The first-order valence-electron chi connectivity index (χ1n) is 8.29. The standard InChI is InChI=1S/C18H30N4S/c1-14-7-8-15(16(11-14)22(4)5)12-20-17(19-3)21-13-18(2)9-6-10-23-18/h7-8,11H,6,9-10,12-13H2,1-5H3,(H2,19,20,21). The highest BCUT2D eigenvalue weighted by Gasteiger charge is 2.29. The second-order valence-electron chi connectivity index (χ2n) is 6.71. The molecular weight excluding hydrogens is 304 g/mol. The van der Waals surface area contributed by atoms with Crippen LogP contribution in [0.15, 0.2) is 23.2 Å². The number of hydrogen-bond donors (Lipinski definition) is 2. The second-order valence-corrected chi connectivity index (χ2v) is 8.39. The highest BCUT2D eigenvalue weighted by Crippen LogP contribution is 2.36. The summed E-state index contributed by atoms with van der Waals surface area (Å²) in [6, 6.07) is 6.58. The molecule has 0 radical (unpaired) electrons. The lowest BCUT2D eigenvalue weighted by atomic mass is 10.1. The summed E-state index contributed by atoms with van der Waals surface area (Å²) in [5, 5.41) is 6.93. The van der Waals surface area contributed by atoms with Crippen LogP contribution in [0.4, 0.5) is 5.69 Å². The average Bonchev–Trinajstić information content (AvgIpc) is 2.95. The van der Waals surface area contributed by atoms with Gasteiger partial charge in [-0.1, -0.05) is 12.1 Å². The predicted octanol–water partition coefficient (Wildman–Crippen LogP) is 3.01. The van der Waals surface area contributed by atoms with Crippen molar-refractivity contribution in [1.29, 1.82) is 0 Å². The third kappa shape index (κ3) is 5.06. The molecule has 2 N–H and O–H groups in total. The molecule has 1 atom stereocenters. The molecule has 23 heavy (non-hydrogen) atoms. The third-order valence-corrected chi connectivity index (χ3v) is 5.86. The maximum absolute atomic E-state index is 4.36. The van der Waals surface area contributed by atoms with E-state index in [1.54, 1.807) is 0 Å². The summed E-state index contributed by atoms with van der Waals surface area (Å²) in [6.45, 7) is 6.21. The molecule has 0 spiro atoms. The lowest BCUT2D eigenvalue weighted by molar-refractivity contribution is 0.584. The quantitative estimate of drug-likeness (QED) is 0.641. The van der Waals surface area contributed by atoms with E-state index < -0.39 is 0 Å². The molecule has 1 aromatic carbocycles. The summed E-state index contributed by atoms with van der Waals surface area (Å²) in [6.07, 6.45) is 2.61. The van der Waals surface area contributed by atoms with E-state index in [9.17, 15) is 0 Å². The number of benzene rings is 1. The highest BCUT2D eigenvalue weighted by atomic mass is 32.2. The SMILES string of the molecule is CN=C(NCc1ccc(C)cc1N(C)C)NCC1(C)CCCS1. The van der Waals surface area contributed by atoms with E-state index in [1.807, 2.05) is 7.05 Å². The van der Waals surface area contributed by atoms with Crippen LogP contribution in [0.3, 0.4) is 0 Å². The van der Waals surface area contributed by atoms with Crippen molar-refractivity contribution in [3.8, 4) is 0 Å². The van der Waals surface area contributed by atoms with Gasteiger partial charge in [-0.3, -0.25) is 4.99 Å². The van der Waals surface area contributed by atoms with Gasteiger partial charge in [0.25, 0.3) is 0 Å². The zero-order valence-electron chi connectivity index (χ0n) is 15.1. The first-order chi connectivity index (χ1) is 10.9. The molecule has 2 rings (SSSR count). The van der Waals surface area contributed by atoms with Crippen LogP contribution in [0.5, 0.6) is 0 Å². The second kappa shape index (κ2) is 7.95. The van der Waals surface area contributed by atoms with Crippen molar-refractivity contribution < 1.29 is 0 Å². The van der Waals surface area contributed by atoms with Crippen molar-refractivity contribution in [2.24, 2.45) is 4.99 Å². The number of nitrogens with one attached hydrogen (secondary N) is 2. The van der Waals surface area contributed by atoms with Crippen LogP contribution in [0.1, 0.15) is 30.9 Å². The molecule has 0 bridgehead atoms. The van der Waals surface area contributed by atoms with Gasteiger partial charge in [0, 0.05) is 44.7 Å². The molecule has 0 saturated carbocycles. The van der Waals surface area contributed by atoms with Gasteiger partial charge in [-0.15, -0.1) is 0 Å². The van der Waals surface area contributed by atoms with Crippen LogP contribution >= 0.6 is 11.8 Å². The number of anilines is 1. The molecule has 128 valence electrons.